The number of ether oxygens (including phenoxy) is 1. The summed E-state index contributed by atoms with van der Waals surface area (Å²) in [6.45, 7) is 11.2. The number of amides is 2. The van der Waals surface area contributed by atoms with Gasteiger partial charge in [-0.15, -0.1) is 0 Å². The van der Waals surface area contributed by atoms with Crippen molar-refractivity contribution >= 4 is 11.8 Å². The molecule has 0 heterocycles. The molecule has 0 fully saturated rings. The minimum atomic E-state index is -0.359. The molecule has 0 saturated heterocycles. The standard InChI is InChI=1S/C8H15NO2.C4H7NO2/c1-4-8(10)9-6-11-5-7(2)3;1-2-4(7)5-3-6/h4,7H,1,5-6H2,2-3H3,(H,9,10);2,6H,1,3H2,(H,5,7). The SMILES string of the molecule is C=CC(=O)NCO.C=CC(=O)NCOCC(C)C. The van der Waals surface area contributed by atoms with E-state index in [1.807, 2.05) is 0 Å². The lowest BCUT2D eigenvalue weighted by molar-refractivity contribution is -0.118. The van der Waals surface area contributed by atoms with Gasteiger partial charge in [0.25, 0.3) is 0 Å². The first-order valence-electron chi connectivity index (χ1n) is 5.47. The molecule has 0 rings (SSSR count). The van der Waals surface area contributed by atoms with Crippen LogP contribution < -0.4 is 10.6 Å². The molecule has 0 bridgehead atoms. The van der Waals surface area contributed by atoms with Gasteiger partial charge in [-0.25, -0.2) is 0 Å². The Kier molecular flexibility index (Phi) is 13.9. The molecular formula is C12H22N2O4. The van der Waals surface area contributed by atoms with Crippen LogP contribution in [0.1, 0.15) is 13.8 Å². The van der Waals surface area contributed by atoms with Crippen LogP contribution in [0.5, 0.6) is 0 Å². The third-order valence-corrected chi connectivity index (χ3v) is 1.42. The Labute approximate surface area is 108 Å². The minimum absolute atomic E-state index is 0.200. The average Bonchev–Trinajstić information content (AvgIpc) is 2.35. The van der Waals surface area contributed by atoms with E-state index in [4.69, 9.17) is 9.84 Å². The van der Waals surface area contributed by atoms with E-state index >= 15 is 0 Å². The van der Waals surface area contributed by atoms with Gasteiger partial charge in [-0.1, -0.05) is 27.0 Å². The summed E-state index contributed by atoms with van der Waals surface area (Å²) in [5, 5.41) is 12.6. The second-order valence-corrected chi connectivity index (χ2v) is 3.56. The van der Waals surface area contributed by atoms with Crippen LogP contribution in [-0.2, 0) is 14.3 Å². The molecule has 0 radical (unpaired) electrons. The smallest absolute Gasteiger partial charge is 0.245 e. The highest BCUT2D eigenvalue weighted by atomic mass is 16.5. The summed E-state index contributed by atoms with van der Waals surface area (Å²) in [6, 6.07) is 0. The van der Waals surface area contributed by atoms with Crippen molar-refractivity contribution in [2.75, 3.05) is 20.1 Å². The van der Waals surface area contributed by atoms with Crippen LogP contribution in [0, 0.1) is 5.92 Å². The maximum absolute atomic E-state index is 10.5. The molecule has 2 amide bonds. The fraction of sp³-hybridized carbons (Fsp3) is 0.500. The Balaban J connectivity index is 0. The molecule has 0 spiro atoms. The van der Waals surface area contributed by atoms with Crippen molar-refractivity contribution in [3.8, 4) is 0 Å². The van der Waals surface area contributed by atoms with E-state index in [0.29, 0.717) is 12.5 Å². The zero-order chi connectivity index (χ0) is 14.4. The molecule has 6 nitrogen and oxygen atoms in total. The average molecular weight is 258 g/mol. The zero-order valence-electron chi connectivity index (χ0n) is 10.9. The molecule has 0 aromatic rings. The van der Waals surface area contributed by atoms with Crippen molar-refractivity contribution in [3.05, 3.63) is 25.3 Å². The monoisotopic (exact) mass is 258 g/mol. The van der Waals surface area contributed by atoms with Gasteiger partial charge < -0.3 is 20.5 Å². The van der Waals surface area contributed by atoms with Gasteiger partial charge in [0.1, 0.15) is 13.5 Å². The Morgan fingerprint density at radius 3 is 2.06 bits per heavy atom. The largest absolute Gasteiger partial charge is 0.376 e. The van der Waals surface area contributed by atoms with Crippen molar-refractivity contribution in [3.63, 3.8) is 0 Å². The number of rotatable bonds is 7. The quantitative estimate of drug-likeness (QED) is 0.345. The Bertz CT molecular complexity index is 265. The molecule has 0 aromatic carbocycles. The van der Waals surface area contributed by atoms with Crippen molar-refractivity contribution < 1.29 is 19.4 Å². The van der Waals surface area contributed by atoms with Crippen LogP contribution in [-0.4, -0.2) is 37.0 Å². The second kappa shape index (κ2) is 13.4. The van der Waals surface area contributed by atoms with Gasteiger partial charge in [-0.2, -0.15) is 0 Å². The highest BCUT2D eigenvalue weighted by molar-refractivity contribution is 5.86. The molecule has 0 aliphatic rings. The van der Waals surface area contributed by atoms with Crippen LogP contribution >= 0.6 is 0 Å². The first-order chi connectivity index (χ1) is 8.47. The van der Waals surface area contributed by atoms with Gasteiger partial charge in [0.15, 0.2) is 0 Å². The fourth-order valence-electron chi connectivity index (χ4n) is 0.639. The lowest BCUT2D eigenvalue weighted by Gasteiger charge is -2.06. The Hall–Kier alpha value is -1.66. The summed E-state index contributed by atoms with van der Waals surface area (Å²) in [5.74, 6) is -0.0631. The highest BCUT2D eigenvalue weighted by Gasteiger charge is 1.94. The maximum atomic E-state index is 10.5. The molecule has 104 valence electrons. The van der Waals surface area contributed by atoms with Crippen LogP contribution in [0.3, 0.4) is 0 Å². The van der Waals surface area contributed by atoms with Crippen LogP contribution in [0.25, 0.3) is 0 Å². The van der Waals surface area contributed by atoms with Crippen LogP contribution in [0.15, 0.2) is 25.3 Å². The van der Waals surface area contributed by atoms with E-state index in [1.165, 1.54) is 6.08 Å². The van der Waals surface area contributed by atoms with Crippen LogP contribution in [0.4, 0.5) is 0 Å². The molecule has 0 atom stereocenters. The number of aliphatic hydroxyl groups excluding tert-OH is 1. The van der Waals surface area contributed by atoms with E-state index in [2.05, 4.69) is 37.6 Å². The third kappa shape index (κ3) is 16.8. The highest BCUT2D eigenvalue weighted by Crippen LogP contribution is 1.90. The first-order valence-corrected chi connectivity index (χ1v) is 5.47. The number of hydrogen-bond acceptors (Lipinski definition) is 4. The van der Waals surface area contributed by atoms with E-state index in [-0.39, 0.29) is 25.3 Å². The summed E-state index contributed by atoms with van der Waals surface area (Å²) in [4.78, 5) is 20.6. The van der Waals surface area contributed by atoms with Crippen molar-refractivity contribution in [1.29, 1.82) is 0 Å². The summed E-state index contributed by atoms with van der Waals surface area (Å²) >= 11 is 0. The van der Waals surface area contributed by atoms with Gasteiger partial charge in [-0.3, -0.25) is 9.59 Å². The first kappa shape index (κ1) is 18.7. The van der Waals surface area contributed by atoms with Crippen molar-refractivity contribution in [1.82, 2.24) is 10.6 Å². The number of carbonyl (C=O) groups excluding carboxylic acids is 2. The van der Waals surface area contributed by atoms with Gasteiger partial charge in [0.2, 0.25) is 11.8 Å². The Morgan fingerprint density at radius 2 is 1.72 bits per heavy atom. The number of hydrogen-bond donors (Lipinski definition) is 3. The molecule has 0 aliphatic heterocycles. The lowest BCUT2D eigenvalue weighted by Crippen LogP contribution is -2.24. The van der Waals surface area contributed by atoms with Gasteiger partial charge in [-0.05, 0) is 18.1 Å². The number of aliphatic hydroxyl groups is 1. The molecule has 0 saturated carbocycles. The predicted molar refractivity (Wildman–Crippen MR) is 69.4 cm³/mol. The molecule has 0 aliphatic carbocycles. The molecule has 0 aromatic heterocycles. The Morgan fingerprint density at radius 1 is 1.22 bits per heavy atom. The van der Waals surface area contributed by atoms with E-state index < -0.39 is 0 Å². The molecule has 18 heavy (non-hydrogen) atoms. The fourth-order valence-corrected chi connectivity index (χ4v) is 0.639. The number of nitrogens with one attached hydrogen (secondary N) is 2. The van der Waals surface area contributed by atoms with Gasteiger partial charge in [0.05, 0.1) is 6.61 Å². The van der Waals surface area contributed by atoms with Crippen molar-refractivity contribution in [2.45, 2.75) is 13.8 Å². The molecular weight excluding hydrogens is 236 g/mol. The summed E-state index contributed by atoms with van der Waals surface area (Å²) in [5.41, 5.74) is 0. The van der Waals surface area contributed by atoms with E-state index in [1.54, 1.807) is 0 Å². The van der Waals surface area contributed by atoms with Crippen LogP contribution in [0.2, 0.25) is 0 Å². The normalized spacial score (nSPS) is 8.89. The third-order valence-electron chi connectivity index (χ3n) is 1.42. The van der Waals surface area contributed by atoms with Gasteiger partial charge >= 0.3 is 0 Å². The second-order valence-electron chi connectivity index (χ2n) is 3.56. The molecule has 0 unspecified atom stereocenters. The molecule has 3 N–H and O–H groups in total. The maximum Gasteiger partial charge on any atom is 0.245 e. The summed E-state index contributed by atoms with van der Waals surface area (Å²) in [6.07, 6.45) is 2.31. The lowest BCUT2D eigenvalue weighted by atomic mass is 10.2. The minimum Gasteiger partial charge on any atom is -0.376 e. The summed E-state index contributed by atoms with van der Waals surface area (Å²) in [7, 11) is 0. The topological polar surface area (TPSA) is 87.7 Å². The van der Waals surface area contributed by atoms with Crippen molar-refractivity contribution in [2.24, 2.45) is 5.92 Å². The number of carbonyl (C=O) groups is 2. The predicted octanol–water partition coefficient (Wildman–Crippen LogP) is 0.157. The molecule has 6 heteroatoms. The van der Waals surface area contributed by atoms with E-state index in [9.17, 15) is 9.59 Å². The summed E-state index contributed by atoms with van der Waals surface area (Å²) < 4.78 is 5.09. The van der Waals surface area contributed by atoms with Gasteiger partial charge in [0, 0.05) is 0 Å². The zero-order valence-corrected chi connectivity index (χ0v) is 10.9. The van der Waals surface area contributed by atoms with E-state index in [0.717, 1.165) is 6.08 Å².